The Morgan fingerprint density at radius 1 is 0.925 bits per heavy atom. The molecule has 206 valence electrons. The zero-order valence-electron chi connectivity index (χ0n) is 23.1. The number of hydrogen-bond acceptors (Lipinski definition) is 6. The molecule has 3 aromatic carbocycles. The van der Waals surface area contributed by atoms with Crippen LogP contribution in [0.15, 0.2) is 95.0 Å². The van der Waals surface area contributed by atoms with Gasteiger partial charge in [0, 0.05) is 25.2 Å². The van der Waals surface area contributed by atoms with Gasteiger partial charge in [-0.1, -0.05) is 89.6 Å². The third-order valence-corrected chi connectivity index (χ3v) is 7.28. The Morgan fingerprint density at radius 3 is 2.17 bits per heavy atom. The molecule has 1 unspecified atom stereocenters. The minimum absolute atomic E-state index is 0.222. The summed E-state index contributed by atoms with van der Waals surface area (Å²) in [6, 6.07) is 29.1. The average Bonchev–Trinajstić information content (AvgIpc) is 3.36. The fraction of sp³-hybridized carbons (Fsp3) is 0.265. The highest BCUT2D eigenvalue weighted by Gasteiger charge is 2.21. The fourth-order valence-electron chi connectivity index (χ4n) is 5.17. The van der Waals surface area contributed by atoms with Crippen LogP contribution in [0.3, 0.4) is 0 Å². The quantitative estimate of drug-likeness (QED) is 0.250. The van der Waals surface area contributed by atoms with Crippen LogP contribution in [0.5, 0.6) is 11.7 Å². The topological polar surface area (TPSA) is 68.0 Å². The van der Waals surface area contributed by atoms with Gasteiger partial charge in [0.05, 0.1) is 12.7 Å². The first-order valence-corrected chi connectivity index (χ1v) is 13.8. The van der Waals surface area contributed by atoms with Crippen molar-refractivity contribution in [3.63, 3.8) is 0 Å². The van der Waals surface area contributed by atoms with Crippen LogP contribution >= 0.6 is 0 Å². The molecule has 1 saturated heterocycles. The van der Waals surface area contributed by atoms with E-state index >= 15 is 0 Å². The normalized spacial score (nSPS) is 14.8. The molecule has 1 atom stereocenters. The van der Waals surface area contributed by atoms with E-state index in [0.717, 1.165) is 37.1 Å². The first kappa shape index (κ1) is 27.4. The Balaban J connectivity index is 1.18. The molecule has 1 N–H and O–H groups in total. The predicted molar refractivity (Wildman–Crippen MR) is 159 cm³/mol. The van der Waals surface area contributed by atoms with Gasteiger partial charge < -0.3 is 19.1 Å². The van der Waals surface area contributed by atoms with E-state index < -0.39 is 6.10 Å². The highest BCUT2D eigenvalue weighted by atomic mass is 16.6. The van der Waals surface area contributed by atoms with Crippen LogP contribution in [0.2, 0.25) is 0 Å². The van der Waals surface area contributed by atoms with E-state index in [9.17, 15) is 5.11 Å². The van der Waals surface area contributed by atoms with Crippen LogP contribution in [0, 0.1) is 6.92 Å². The van der Waals surface area contributed by atoms with Crippen LogP contribution in [-0.2, 0) is 0 Å². The number of ether oxygens (including phenoxy) is 2. The third kappa shape index (κ3) is 6.71. The average molecular weight is 537 g/mol. The number of β-amino-alcohol motifs (C(OH)–C–C–N with tert-alkyl or cyclic N) is 1. The summed E-state index contributed by atoms with van der Waals surface area (Å²) >= 11 is 0. The van der Waals surface area contributed by atoms with Crippen molar-refractivity contribution in [2.24, 2.45) is 0 Å². The molecule has 6 nitrogen and oxygen atoms in total. The second kappa shape index (κ2) is 13.3. The van der Waals surface area contributed by atoms with Crippen molar-refractivity contribution >= 4 is 17.7 Å². The van der Waals surface area contributed by atoms with Gasteiger partial charge in [0.15, 0.2) is 0 Å². The van der Waals surface area contributed by atoms with Crippen LogP contribution in [0.4, 0.5) is 0 Å². The number of aliphatic hydroxyl groups is 1. The summed E-state index contributed by atoms with van der Waals surface area (Å²) in [6.45, 7) is 4.53. The number of methoxy groups -OCH3 is 1. The second-order valence-corrected chi connectivity index (χ2v) is 10.0. The lowest BCUT2D eigenvalue weighted by Gasteiger charge is -2.31. The number of likely N-dealkylation sites (tertiary alicyclic amines) is 1. The summed E-state index contributed by atoms with van der Waals surface area (Å²) in [5.74, 6) is 1.12. The van der Waals surface area contributed by atoms with E-state index in [2.05, 4.69) is 70.7 Å². The van der Waals surface area contributed by atoms with Crippen molar-refractivity contribution in [2.45, 2.75) is 25.9 Å². The number of nitrogens with zero attached hydrogens (tertiary/aromatic N) is 2. The Bertz CT molecular complexity index is 1390. The largest absolute Gasteiger partial charge is 0.490 e. The lowest BCUT2D eigenvalue weighted by molar-refractivity contribution is 0.0655. The molecule has 1 fully saturated rings. The number of hydrogen-bond donors (Lipinski definition) is 1. The minimum atomic E-state index is -0.590. The van der Waals surface area contributed by atoms with Gasteiger partial charge in [-0.3, -0.25) is 4.90 Å². The molecule has 4 aromatic rings. The second-order valence-electron chi connectivity index (χ2n) is 10.0. The maximum absolute atomic E-state index is 10.8. The molecule has 1 aliphatic rings. The summed E-state index contributed by atoms with van der Waals surface area (Å²) in [5.41, 5.74) is 7.78. The van der Waals surface area contributed by atoms with Crippen molar-refractivity contribution in [3.8, 4) is 11.7 Å². The monoisotopic (exact) mass is 536 g/mol. The lowest BCUT2D eigenvalue weighted by Crippen LogP contribution is -2.39. The Morgan fingerprint density at radius 2 is 1.55 bits per heavy atom. The summed E-state index contributed by atoms with van der Waals surface area (Å²) in [7, 11) is 1.56. The minimum Gasteiger partial charge on any atom is -0.490 e. The maximum atomic E-state index is 10.8. The fourth-order valence-corrected chi connectivity index (χ4v) is 5.17. The highest BCUT2D eigenvalue weighted by molar-refractivity contribution is 5.82. The molecule has 5 rings (SSSR count). The molecule has 0 aliphatic carbocycles. The van der Waals surface area contributed by atoms with Gasteiger partial charge in [0.25, 0.3) is 0 Å². The first-order valence-electron chi connectivity index (χ1n) is 13.8. The van der Waals surface area contributed by atoms with Gasteiger partial charge in [-0.15, -0.1) is 0 Å². The smallest absolute Gasteiger partial charge is 0.314 e. The third-order valence-electron chi connectivity index (χ3n) is 7.28. The maximum Gasteiger partial charge on any atom is 0.314 e. The SMILES string of the molecule is COc1onc(/C=C/c2ccccc2OCC(O)CN2CCC(=C(c3ccccc3)c3ccccc3)CC2)c1C. The highest BCUT2D eigenvalue weighted by Crippen LogP contribution is 2.32. The lowest BCUT2D eigenvalue weighted by atomic mass is 9.88. The van der Waals surface area contributed by atoms with Crippen molar-refractivity contribution in [2.75, 3.05) is 33.4 Å². The first-order chi connectivity index (χ1) is 19.6. The molecule has 0 amide bonds. The van der Waals surface area contributed by atoms with Gasteiger partial charge in [-0.2, -0.15) is 0 Å². The zero-order chi connectivity index (χ0) is 27.7. The van der Waals surface area contributed by atoms with Crippen LogP contribution < -0.4 is 9.47 Å². The van der Waals surface area contributed by atoms with Crippen LogP contribution in [0.1, 0.15) is 40.8 Å². The van der Waals surface area contributed by atoms with E-state index in [-0.39, 0.29) is 6.61 Å². The summed E-state index contributed by atoms with van der Waals surface area (Å²) in [6.07, 6.45) is 5.17. The Labute approximate surface area is 236 Å². The number of aliphatic hydroxyl groups excluding tert-OH is 1. The Kier molecular flexibility index (Phi) is 9.11. The molecule has 1 aliphatic heterocycles. The molecule has 0 spiro atoms. The number of rotatable bonds is 10. The molecule has 2 heterocycles. The van der Waals surface area contributed by atoms with Crippen molar-refractivity contribution in [3.05, 3.63) is 118 Å². The molecule has 0 radical (unpaired) electrons. The van der Waals surface area contributed by atoms with E-state index in [1.807, 2.05) is 43.3 Å². The van der Waals surface area contributed by atoms with Crippen LogP contribution in [-0.4, -0.2) is 54.6 Å². The van der Waals surface area contributed by atoms with E-state index in [4.69, 9.17) is 14.0 Å². The molecule has 6 heteroatoms. The number of benzene rings is 3. The summed E-state index contributed by atoms with van der Waals surface area (Å²) in [5, 5.41) is 14.9. The number of aromatic nitrogens is 1. The van der Waals surface area contributed by atoms with Crippen molar-refractivity contribution < 1.29 is 19.1 Å². The van der Waals surface area contributed by atoms with Crippen LogP contribution in [0.25, 0.3) is 17.7 Å². The molecule has 40 heavy (non-hydrogen) atoms. The van der Waals surface area contributed by atoms with E-state index in [1.165, 1.54) is 22.3 Å². The van der Waals surface area contributed by atoms with Gasteiger partial charge in [-0.25, -0.2) is 0 Å². The summed E-state index contributed by atoms with van der Waals surface area (Å²) < 4.78 is 16.4. The number of para-hydroxylation sites is 1. The van der Waals surface area contributed by atoms with E-state index in [1.54, 1.807) is 7.11 Å². The number of piperidine rings is 1. The zero-order valence-corrected chi connectivity index (χ0v) is 23.1. The summed E-state index contributed by atoms with van der Waals surface area (Å²) in [4.78, 5) is 2.33. The van der Waals surface area contributed by atoms with Gasteiger partial charge >= 0.3 is 5.95 Å². The predicted octanol–water partition coefficient (Wildman–Crippen LogP) is 6.50. The molecular formula is C34H36N2O4. The van der Waals surface area contributed by atoms with Gasteiger partial charge in [0.2, 0.25) is 0 Å². The standard InChI is InChI=1S/C34H36N2O4/c1-25-31(35-40-34(25)38-2)18-17-26-11-9-10-16-32(26)39-24-30(37)23-36-21-19-29(20-22-36)33(27-12-5-3-6-13-27)28-14-7-4-8-15-28/h3-18,30,37H,19-24H2,1-2H3/b18-17+. The van der Waals surface area contributed by atoms with Gasteiger partial charge in [0.1, 0.15) is 24.2 Å². The van der Waals surface area contributed by atoms with Gasteiger partial charge in [-0.05, 0) is 54.7 Å². The molecule has 0 saturated carbocycles. The van der Waals surface area contributed by atoms with E-state index in [0.29, 0.717) is 23.9 Å². The molecule has 0 bridgehead atoms. The molecular weight excluding hydrogens is 500 g/mol. The molecule has 1 aromatic heterocycles. The Hall–Kier alpha value is -4.13. The van der Waals surface area contributed by atoms with Crippen molar-refractivity contribution in [1.29, 1.82) is 0 Å². The van der Waals surface area contributed by atoms with Crippen molar-refractivity contribution in [1.82, 2.24) is 10.1 Å².